The van der Waals surface area contributed by atoms with Crippen LogP contribution in [-0.4, -0.2) is 120 Å². The zero-order valence-corrected chi connectivity index (χ0v) is 33.0. The number of aliphatic carboxylic acids is 1. The summed E-state index contributed by atoms with van der Waals surface area (Å²) < 4.78 is 10.6. The Hall–Kier alpha value is -3.06. The van der Waals surface area contributed by atoms with Gasteiger partial charge in [0.15, 0.2) is 0 Å². The van der Waals surface area contributed by atoms with Gasteiger partial charge in [-0.2, -0.15) is 0 Å². The van der Waals surface area contributed by atoms with Crippen LogP contribution in [0.1, 0.15) is 87.5 Å². The first-order valence-electron chi connectivity index (χ1n) is 17.0. The third-order valence-electron chi connectivity index (χ3n) is 7.76. The lowest BCUT2D eigenvalue weighted by Gasteiger charge is -2.25. The number of carbonyl (C=O) groups is 7. The number of nitrogens with zero attached hydrogens (tertiary/aromatic N) is 1. The smallest absolute Gasteiger partial charge is 0.326 e. The lowest BCUT2D eigenvalue weighted by molar-refractivity contribution is -0.140. The van der Waals surface area contributed by atoms with Gasteiger partial charge in [0.25, 0.3) is 3.91 Å². The van der Waals surface area contributed by atoms with Crippen LogP contribution in [0.2, 0.25) is 0 Å². The van der Waals surface area contributed by atoms with Gasteiger partial charge in [0.05, 0.1) is 19.8 Å². The molecule has 288 valence electrons. The van der Waals surface area contributed by atoms with E-state index in [-0.39, 0.29) is 108 Å². The Morgan fingerprint density at radius 1 is 0.740 bits per heavy atom. The van der Waals surface area contributed by atoms with E-state index in [4.69, 9.17) is 9.47 Å². The molecule has 0 bridgehead atoms. The van der Waals surface area contributed by atoms with Crippen LogP contribution in [0.5, 0.6) is 0 Å². The van der Waals surface area contributed by atoms with Crippen molar-refractivity contribution in [3.05, 3.63) is 0 Å². The predicted octanol–water partition coefficient (Wildman–Crippen LogP) is 1.73. The standard InChI is InChI=1S/C33H59IN6O10/c1-9-23(4)38-26(42)21-40(20-25(41)37-22(2)3)27(43)11-14-35-30(47)33(7,8)13-16-49-18-19-50-17-15-36-29(46)32(5,6)12-10-24(28(44)45)39-31(34)48/h22-24H,9-21H2,1-8H3,(H,35,47)(H,36,46)(H,37,41)(H,38,42)(H,39,48)(H,44,45). The van der Waals surface area contributed by atoms with Crippen LogP contribution in [0.3, 0.4) is 0 Å². The normalized spacial score (nSPS) is 12.8. The van der Waals surface area contributed by atoms with E-state index in [1.165, 1.54) is 27.5 Å². The molecule has 0 saturated heterocycles. The van der Waals surface area contributed by atoms with Gasteiger partial charge in [0, 0.05) is 71.6 Å². The highest BCUT2D eigenvalue weighted by molar-refractivity contribution is 14.1. The van der Waals surface area contributed by atoms with Crippen LogP contribution in [0.25, 0.3) is 0 Å². The van der Waals surface area contributed by atoms with Crippen molar-refractivity contribution >= 4 is 62.0 Å². The molecule has 6 N–H and O–H groups in total. The molecule has 6 amide bonds. The quantitative estimate of drug-likeness (QED) is 0.0321. The minimum atomic E-state index is -1.16. The molecule has 0 rings (SSSR count). The summed E-state index contributed by atoms with van der Waals surface area (Å²) in [5, 5.41) is 22.6. The zero-order chi connectivity index (χ0) is 38.5. The van der Waals surface area contributed by atoms with Crippen LogP contribution in [-0.2, 0) is 38.2 Å². The maximum atomic E-state index is 12.9. The molecule has 0 aromatic heterocycles. The Kier molecular flexibility index (Phi) is 22.7. The van der Waals surface area contributed by atoms with E-state index in [0.717, 1.165) is 6.42 Å². The zero-order valence-electron chi connectivity index (χ0n) is 30.9. The third-order valence-corrected chi connectivity index (χ3v) is 8.08. The number of hydrogen-bond acceptors (Lipinski definition) is 9. The molecule has 0 radical (unpaired) electrons. The monoisotopic (exact) mass is 826 g/mol. The maximum Gasteiger partial charge on any atom is 0.326 e. The second-order valence-corrected chi connectivity index (χ2v) is 14.7. The molecular weight excluding hydrogens is 767 g/mol. The topological polar surface area (TPSA) is 222 Å². The number of rotatable bonds is 26. The Morgan fingerprint density at radius 2 is 1.26 bits per heavy atom. The summed E-state index contributed by atoms with van der Waals surface area (Å²) in [7, 11) is 0. The first-order valence-corrected chi connectivity index (χ1v) is 18.1. The van der Waals surface area contributed by atoms with Gasteiger partial charge in [0.2, 0.25) is 29.5 Å². The summed E-state index contributed by atoms with van der Waals surface area (Å²) >= 11 is 1.46. The molecule has 0 spiro atoms. The van der Waals surface area contributed by atoms with E-state index in [9.17, 15) is 38.7 Å². The summed E-state index contributed by atoms with van der Waals surface area (Å²) in [5.74, 6) is -2.86. The predicted molar refractivity (Wildman–Crippen MR) is 195 cm³/mol. The van der Waals surface area contributed by atoms with Crippen molar-refractivity contribution < 1.29 is 48.1 Å². The second kappa shape index (κ2) is 24.2. The molecule has 0 aromatic carbocycles. The van der Waals surface area contributed by atoms with Crippen molar-refractivity contribution in [2.75, 3.05) is 52.6 Å². The van der Waals surface area contributed by atoms with Crippen LogP contribution >= 0.6 is 22.6 Å². The molecule has 16 nitrogen and oxygen atoms in total. The average Bonchev–Trinajstić information content (AvgIpc) is 3.00. The largest absolute Gasteiger partial charge is 0.480 e. The maximum absolute atomic E-state index is 12.9. The number of carboxylic acid groups (broad SMARTS) is 1. The fourth-order valence-electron chi connectivity index (χ4n) is 4.30. The Labute approximate surface area is 309 Å². The highest BCUT2D eigenvalue weighted by Gasteiger charge is 2.31. The Morgan fingerprint density at radius 3 is 1.78 bits per heavy atom. The summed E-state index contributed by atoms with van der Waals surface area (Å²) in [4.78, 5) is 86.8. The van der Waals surface area contributed by atoms with Crippen molar-refractivity contribution in [1.29, 1.82) is 0 Å². The van der Waals surface area contributed by atoms with Gasteiger partial charge in [-0.3, -0.25) is 28.8 Å². The van der Waals surface area contributed by atoms with Gasteiger partial charge in [-0.15, -0.1) is 0 Å². The van der Waals surface area contributed by atoms with E-state index in [2.05, 4.69) is 26.6 Å². The Bertz CT molecular complexity index is 1130. The first-order chi connectivity index (χ1) is 23.2. The average molecular weight is 827 g/mol. The van der Waals surface area contributed by atoms with E-state index in [0.29, 0.717) is 6.42 Å². The fraction of sp³-hybridized carbons (Fsp3) is 0.788. The molecule has 0 aliphatic carbocycles. The van der Waals surface area contributed by atoms with Crippen molar-refractivity contribution in [1.82, 2.24) is 31.5 Å². The van der Waals surface area contributed by atoms with Crippen LogP contribution < -0.4 is 26.6 Å². The summed E-state index contributed by atoms with van der Waals surface area (Å²) in [6.45, 7) is 15.1. The summed E-state index contributed by atoms with van der Waals surface area (Å²) in [5.41, 5.74) is -1.64. The number of nitrogens with one attached hydrogen (secondary N) is 5. The van der Waals surface area contributed by atoms with Gasteiger partial charge < -0.3 is 46.1 Å². The van der Waals surface area contributed by atoms with Gasteiger partial charge in [-0.25, -0.2) is 4.79 Å². The number of hydrogen-bond donors (Lipinski definition) is 6. The molecular formula is C33H59IN6O10. The van der Waals surface area contributed by atoms with Crippen molar-refractivity contribution in [2.45, 2.75) is 106 Å². The number of carbonyl (C=O) groups excluding carboxylic acids is 6. The van der Waals surface area contributed by atoms with Crippen molar-refractivity contribution in [2.24, 2.45) is 10.8 Å². The molecule has 0 heterocycles. The Balaban J connectivity index is 4.48. The molecule has 50 heavy (non-hydrogen) atoms. The molecule has 0 saturated carbocycles. The van der Waals surface area contributed by atoms with E-state index < -0.39 is 32.7 Å². The lowest BCUT2D eigenvalue weighted by Crippen LogP contribution is -2.48. The van der Waals surface area contributed by atoms with Gasteiger partial charge in [0.1, 0.15) is 19.1 Å². The van der Waals surface area contributed by atoms with Gasteiger partial charge in [-0.05, 0) is 46.5 Å². The summed E-state index contributed by atoms with van der Waals surface area (Å²) in [6, 6.07) is -1.26. The molecule has 2 atom stereocenters. The van der Waals surface area contributed by atoms with E-state index >= 15 is 0 Å². The second-order valence-electron chi connectivity index (χ2n) is 13.7. The highest BCUT2D eigenvalue weighted by Crippen LogP contribution is 2.24. The van der Waals surface area contributed by atoms with Gasteiger partial charge in [-0.1, -0.05) is 34.6 Å². The summed E-state index contributed by atoms with van der Waals surface area (Å²) in [6.07, 6.45) is 1.40. The molecule has 2 unspecified atom stereocenters. The fourth-order valence-corrected chi connectivity index (χ4v) is 4.68. The number of carboxylic acids is 1. The van der Waals surface area contributed by atoms with E-state index in [1.54, 1.807) is 41.5 Å². The third kappa shape index (κ3) is 21.2. The van der Waals surface area contributed by atoms with Gasteiger partial charge >= 0.3 is 5.97 Å². The van der Waals surface area contributed by atoms with Crippen LogP contribution in [0, 0.1) is 10.8 Å². The minimum absolute atomic E-state index is 0.0401. The minimum Gasteiger partial charge on any atom is -0.480 e. The molecule has 0 fully saturated rings. The van der Waals surface area contributed by atoms with Crippen LogP contribution in [0.4, 0.5) is 4.79 Å². The number of ether oxygens (including phenoxy) is 2. The van der Waals surface area contributed by atoms with Crippen LogP contribution in [0.15, 0.2) is 0 Å². The molecule has 0 aromatic rings. The molecule has 17 heteroatoms. The van der Waals surface area contributed by atoms with E-state index in [1.807, 2.05) is 13.8 Å². The molecule has 0 aliphatic rings. The van der Waals surface area contributed by atoms with Crippen molar-refractivity contribution in [3.63, 3.8) is 0 Å². The number of amides is 6. The van der Waals surface area contributed by atoms with Crippen molar-refractivity contribution in [3.8, 4) is 0 Å². The number of halogens is 1. The SMILES string of the molecule is CCC(C)NC(=O)CN(CC(=O)NC(C)C)C(=O)CCNC(=O)C(C)(C)CCOCCOCCNC(=O)C(C)(C)CCC(NC(=O)I)C(=O)O. The molecule has 0 aliphatic heterocycles. The first kappa shape index (κ1) is 46.9. The highest BCUT2D eigenvalue weighted by atomic mass is 127. The lowest BCUT2D eigenvalue weighted by atomic mass is 9.85.